The fourth-order valence-corrected chi connectivity index (χ4v) is 4.50. The Bertz CT molecular complexity index is 1720. The smallest absolute Gasteiger partial charge is 0.296 e. The Morgan fingerprint density at radius 3 is 1.38 bits per heavy atom. The average Bonchev–Trinajstić information content (AvgIpc) is 3.40. The van der Waals surface area contributed by atoms with Crippen molar-refractivity contribution in [1.82, 2.24) is 20.2 Å². The number of amides is 2. The first-order chi connectivity index (χ1) is 20.3. The molecule has 4 aromatic rings. The van der Waals surface area contributed by atoms with Crippen LogP contribution < -0.4 is 22.3 Å². The zero-order valence-electron chi connectivity index (χ0n) is 22.7. The molecule has 42 heavy (non-hydrogen) atoms. The number of aliphatic imine (C=N–C) groups is 2. The summed E-state index contributed by atoms with van der Waals surface area (Å²) in [4.78, 5) is 35.2. The Labute approximate surface area is 240 Å². The summed E-state index contributed by atoms with van der Waals surface area (Å²) in [5.41, 5.74) is 21.0. The molecule has 0 spiro atoms. The van der Waals surface area contributed by atoms with Gasteiger partial charge in [-0.3, -0.25) is 20.4 Å². The Morgan fingerprint density at radius 2 is 1.00 bits per heavy atom. The number of hydrogen-bond acceptors (Lipinski definition) is 10. The molecule has 0 atom stereocenters. The lowest BCUT2D eigenvalue weighted by atomic mass is 10.1. The highest BCUT2D eigenvalue weighted by atomic mass is 16.2. The molecule has 2 aliphatic heterocycles. The van der Waals surface area contributed by atoms with Crippen molar-refractivity contribution < 1.29 is 9.59 Å². The summed E-state index contributed by atoms with van der Waals surface area (Å²) in [5.74, 6) is 0.902. The van der Waals surface area contributed by atoms with Crippen LogP contribution in [-0.4, -0.2) is 43.7 Å². The number of rotatable bonds is 6. The van der Waals surface area contributed by atoms with Gasteiger partial charge in [-0.15, -0.1) is 10.2 Å². The van der Waals surface area contributed by atoms with Crippen molar-refractivity contribution in [1.29, 1.82) is 0 Å². The van der Waals surface area contributed by atoms with Crippen molar-refractivity contribution in [3.8, 4) is 0 Å². The van der Waals surface area contributed by atoms with E-state index in [9.17, 15) is 9.59 Å². The van der Waals surface area contributed by atoms with E-state index in [-0.39, 0.29) is 23.2 Å². The Kier molecular flexibility index (Phi) is 6.55. The lowest BCUT2D eigenvalue weighted by Gasteiger charge is -2.21. The van der Waals surface area contributed by atoms with Gasteiger partial charge in [0.25, 0.3) is 11.8 Å². The number of benzene rings is 3. The van der Waals surface area contributed by atoms with Gasteiger partial charge in [-0.1, -0.05) is 48.5 Å². The first-order valence-electron chi connectivity index (χ1n) is 13.0. The summed E-state index contributed by atoms with van der Waals surface area (Å²) >= 11 is 0. The minimum absolute atomic E-state index is 0.269. The first kappa shape index (κ1) is 26.2. The fraction of sp³-hybridized carbons (Fsp3) is 0.0667. The van der Waals surface area contributed by atoms with Gasteiger partial charge in [-0.05, 0) is 61.4 Å². The van der Waals surface area contributed by atoms with Gasteiger partial charge in [0.15, 0.2) is 11.6 Å². The molecule has 0 bridgehead atoms. The van der Waals surface area contributed by atoms with E-state index in [0.717, 1.165) is 11.1 Å². The number of hydrazine groups is 2. The molecule has 0 unspecified atom stereocenters. The molecule has 1 aromatic heterocycles. The summed E-state index contributed by atoms with van der Waals surface area (Å²) in [5, 5.41) is 12.7. The summed E-state index contributed by atoms with van der Waals surface area (Å²) in [6, 6.07) is 21.7. The van der Waals surface area contributed by atoms with Crippen molar-refractivity contribution in [3.63, 3.8) is 0 Å². The van der Waals surface area contributed by atoms with Gasteiger partial charge in [-0.2, -0.15) is 0 Å². The van der Waals surface area contributed by atoms with E-state index in [0.29, 0.717) is 45.5 Å². The number of nitrogens with zero attached hydrogens (tertiary/aromatic N) is 6. The SMILES string of the molecule is CC1=N/C(=C\c2ccc(N)cc2)C(=O)N1Nc1nnc(NN2C(=O)/C(=C\c3ccc(N)cc3)N=C2C)c2ccccc12. The van der Waals surface area contributed by atoms with Gasteiger partial charge in [0.1, 0.15) is 23.1 Å². The summed E-state index contributed by atoms with van der Waals surface area (Å²) < 4.78 is 0. The molecule has 208 valence electrons. The van der Waals surface area contributed by atoms with Crippen LogP contribution in [0, 0.1) is 0 Å². The highest BCUT2D eigenvalue weighted by molar-refractivity contribution is 6.16. The molecule has 3 heterocycles. The molecule has 0 fully saturated rings. The molecule has 0 saturated carbocycles. The number of nitrogens with one attached hydrogen (secondary N) is 2. The highest BCUT2D eigenvalue weighted by Gasteiger charge is 2.31. The predicted molar refractivity (Wildman–Crippen MR) is 164 cm³/mol. The minimum atomic E-state index is -0.340. The van der Waals surface area contributed by atoms with Crippen molar-refractivity contribution >= 4 is 69.4 Å². The topological polar surface area (TPSA) is 167 Å². The van der Waals surface area contributed by atoms with E-state index >= 15 is 0 Å². The van der Waals surface area contributed by atoms with Crippen LogP contribution in [0.3, 0.4) is 0 Å². The van der Waals surface area contributed by atoms with Crippen LogP contribution >= 0.6 is 0 Å². The monoisotopic (exact) mass is 558 g/mol. The summed E-state index contributed by atoms with van der Waals surface area (Å²) in [7, 11) is 0. The van der Waals surface area contributed by atoms with E-state index in [1.807, 2.05) is 48.5 Å². The molecule has 2 aliphatic rings. The number of aromatic nitrogens is 2. The molecule has 3 aromatic carbocycles. The van der Waals surface area contributed by atoms with Gasteiger partial charge in [-0.25, -0.2) is 20.0 Å². The maximum absolute atomic E-state index is 13.2. The van der Waals surface area contributed by atoms with Gasteiger partial charge in [0, 0.05) is 22.1 Å². The number of anilines is 4. The number of nitrogen functional groups attached to an aromatic ring is 2. The van der Waals surface area contributed by atoms with Gasteiger partial charge in [0.2, 0.25) is 0 Å². The number of nitrogens with two attached hydrogens (primary N) is 2. The third-order valence-electron chi connectivity index (χ3n) is 6.66. The second-order valence-electron chi connectivity index (χ2n) is 9.66. The Morgan fingerprint density at radius 1 is 0.619 bits per heavy atom. The number of amidine groups is 2. The Balaban J connectivity index is 1.24. The van der Waals surface area contributed by atoms with Crippen LogP contribution in [0.15, 0.2) is 94.2 Å². The molecule has 2 amide bonds. The number of carbonyl (C=O) groups excluding carboxylic acids is 2. The molecular formula is C30H26N10O2. The third kappa shape index (κ3) is 4.99. The molecule has 12 heteroatoms. The quantitative estimate of drug-likeness (QED) is 0.203. The number of carbonyl (C=O) groups is 2. The van der Waals surface area contributed by atoms with E-state index in [1.165, 1.54) is 10.0 Å². The zero-order valence-corrected chi connectivity index (χ0v) is 22.7. The van der Waals surface area contributed by atoms with E-state index < -0.39 is 0 Å². The van der Waals surface area contributed by atoms with Crippen LogP contribution in [0.2, 0.25) is 0 Å². The lowest BCUT2D eigenvalue weighted by molar-refractivity contribution is -0.122. The molecule has 6 N–H and O–H groups in total. The maximum atomic E-state index is 13.2. The highest BCUT2D eigenvalue weighted by Crippen LogP contribution is 2.29. The molecule has 0 aliphatic carbocycles. The van der Waals surface area contributed by atoms with Crippen molar-refractivity contribution in [2.45, 2.75) is 13.8 Å². The first-order valence-corrected chi connectivity index (χ1v) is 13.0. The Hall–Kier alpha value is -6.04. The largest absolute Gasteiger partial charge is 0.399 e. The van der Waals surface area contributed by atoms with E-state index in [4.69, 9.17) is 11.5 Å². The lowest BCUT2D eigenvalue weighted by Crippen LogP contribution is -2.37. The standard InChI is InChI=1S/C30H26N10O2/c1-17-33-25(15-19-7-11-21(31)12-8-19)29(41)39(17)37-27-23-5-3-4-6-24(23)28(36-35-27)38-40-18(2)34-26(30(40)42)16-20-9-13-22(32)14-10-20/h3-16H,31-32H2,1-2H3,(H,35,37)(H,36,38)/b25-15-,26-16+. The number of hydrogen-bond donors (Lipinski definition) is 4. The second kappa shape index (κ2) is 10.5. The van der Waals surface area contributed by atoms with Crippen LogP contribution in [0.25, 0.3) is 22.9 Å². The van der Waals surface area contributed by atoms with Crippen LogP contribution in [-0.2, 0) is 9.59 Å². The van der Waals surface area contributed by atoms with Crippen molar-refractivity contribution in [2.24, 2.45) is 9.98 Å². The van der Waals surface area contributed by atoms with Gasteiger partial charge >= 0.3 is 0 Å². The van der Waals surface area contributed by atoms with Gasteiger partial charge < -0.3 is 11.5 Å². The molecule has 12 nitrogen and oxygen atoms in total. The maximum Gasteiger partial charge on any atom is 0.296 e. The fourth-order valence-electron chi connectivity index (χ4n) is 4.50. The predicted octanol–water partition coefficient (Wildman–Crippen LogP) is 4.05. The van der Waals surface area contributed by atoms with E-state index in [1.54, 1.807) is 50.3 Å². The molecule has 6 rings (SSSR count). The zero-order chi connectivity index (χ0) is 29.4. The summed E-state index contributed by atoms with van der Waals surface area (Å²) in [6.45, 7) is 3.44. The van der Waals surface area contributed by atoms with Crippen LogP contribution in [0.1, 0.15) is 25.0 Å². The second-order valence-corrected chi connectivity index (χ2v) is 9.66. The molecular weight excluding hydrogens is 532 g/mol. The van der Waals surface area contributed by atoms with E-state index in [2.05, 4.69) is 31.0 Å². The third-order valence-corrected chi connectivity index (χ3v) is 6.66. The molecule has 0 saturated heterocycles. The normalized spacial score (nSPS) is 16.9. The minimum Gasteiger partial charge on any atom is -0.399 e. The molecule has 0 radical (unpaired) electrons. The average molecular weight is 559 g/mol. The van der Waals surface area contributed by atoms with Crippen LogP contribution in [0.5, 0.6) is 0 Å². The van der Waals surface area contributed by atoms with Crippen molar-refractivity contribution in [2.75, 3.05) is 22.3 Å². The van der Waals surface area contributed by atoms with Crippen molar-refractivity contribution in [3.05, 3.63) is 95.3 Å². The van der Waals surface area contributed by atoms with Crippen LogP contribution in [0.4, 0.5) is 23.0 Å². The summed E-state index contributed by atoms with van der Waals surface area (Å²) in [6.07, 6.45) is 3.38. The number of fused-ring (bicyclic) bond motifs is 1. The van der Waals surface area contributed by atoms with Gasteiger partial charge in [0.05, 0.1) is 0 Å².